The molecular weight excluding hydrogens is 214 g/mol. The summed E-state index contributed by atoms with van der Waals surface area (Å²) in [7, 11) is 3.29. The summed E-state index contributed by atoms with van der Waals surface area (Å²) in [5.74, 6) is 2.15. The molecule has 1 aromatic carbocycles. The molecule has 0 fully saturated rings. The molecule has 0 aliphatic rings. The minimum absolute atomic E-state index is 0.202. The maximum Gasteiger partial charge on any atom is 0.160 e. The van der Waals surface area contributed by atoms with Gasteiger partial charge in [-0.25, -0.2) is 0 Å². The number of rotatable bonds is 6. The van der Waals surface area contributed by atoms with Crippen LogP contribution in [0.1, 0.15) is 25.8 Å². The van der Waals surface area contributed by atoms with E-state index in [1.54, 1.807) is 14.2 Å². The summed E-state index contributed by atoms with van der Waals surface area (Å²) in [6, 6.07) is 6.17. The Hall–Kier alpha value is -1.22. The smallest absolute Gasteiger partial charge is 0.160 e. The Balaban J connectivity index is 2.72. The third kappa shape index (κ3) is 4.27. The maximum atomic E-state index is 6.10. The molecule has 0 spiro atoms. The van der Waals surface area contributed by atoms with Crippen molar-refractivity contribution in [1.82, 2.24) is 0 Å². The molecule has 1 aromatic rings. The number of hydrogen-bond donors (Lipinski definition) is 1. The maximum absolute atomic E-state index is 6.10. The molecule has 3 nitrogen and oxygen atoms in total. The summed E-state index contributed by atoms with van der Waals surface area (Å²) in [6.07, 6.45) is 1.91. The van der Waals surface area contributed by atoms with E-state index in [9.17, 15) is 0 Å². The van der Waals surface area contributed by atoms with Crippen molar-refractivity contribution in [1.29, 1.82) is 0 Å². The molecule has 3 heteroatoms. The van der Waals surface area contributed by atoms with Gasteiger partial charge in [-0.1, -0.05) is 19.9 Å². The SMILES string of the molecule is COc1ccc(C[C@@H](N)CC(C)C)cc1OC. The number of hydrogen-bond acceptors (Lipinski definition) is 3. The first kappa shape index (κ1) is 13.8. The van der Waals surface area contributed by atoms with Crippen LogP contribution in [0.25, 0.3) is 0 Å². The fraction of sp³-hybridized carbons (Fsp3) is 0.571. The third-order valence-electron chi connectivity index (χ3n) is 2.72. The topological polar surface area (TPSA) is 44.5 Å². The number of methoxy groups -OCH3 is 2. The lowest BCUT2D eigenvalue weighted by atomic mass is 9.98. The first-order valence-corrected chi connectivity index (χ1v) is 6.03. The normalized spacial score (nSPS) is 12.6. The van der Waals surface area contributed by atoms with Crippen LogP contribution < -0.4 is 15.2 Å². The molecule has 17 heavy (non-hydrogen) atoms. The van der Waals surface area contributed by atoms with Gasteiger partial charge >= 0.3 is 0 Å². The van der Waals surface area contributed by atoms with E-state index in [0.29, 0.717) is 5.92 Å². The highest BCUT2D eigenvalue weighted by Crippen LogP contribution is 2.28. The molecule has 0 saturated carbocycles. The largest absolute Gasteiger partial charge is 0.493 e. The van der Waals surface area contributed by atoms with Crippen molar-refractivity contribution in [2.24, 2.45) is 11.7 Å². The molecule has 1 atom stereocenters. The van der Waals surface area contributed by atoms with Crippen LogP contribution in [0.4, 0.5) is 0 Å². The molecule has 0 saturated heterocycles. The van der Waals surface area contributed by atoms with Crippen molar-refractivity contribution in [3.63, 3.8) is 0 Å². The van der Waals surface area contributed by atoms with Gasteiger partial charge in [0.1, 0.15) is 0 Å². The van der Waals surface area contributed by atoms with Crippen molar-refractivity contribution in [2.45, 2.75) is 32.7 Å². The average Bonchev–Trinajstić information content (AvgIpc) is 2.27. The predicted octanol–water partition coefficient (Wildman–Crippen LogP) is 2.62. The summed E-state index contributed by atoms with van der Waals surface area (Å²) in [5, 5.41) is 0. The minimum atomic E-state index is 0.202. The molecule has 1 rings (SSSR count). The number of benzene rings is 1. The van der Waals surface area contributed by atoms with E-state index < -0.39 is 0 Å². The van der Waals surface area contributed by atoms with Gasteiger partial charge in [0.25, 0.3) is 0 Å². The van der Waals surface area contributed by atoms with Crippen LogP contribution in [0.3, 0.4) is 0 Å². The van der Waals surface area contributed by atoms with Crippen molar-refractivity contribution in [3.8, 4) is 11.5 Å². The summed E-state index contributed by atoms with van der Waals surface area (Å²) in [5.41, 5.74) is 7.29. The van der Waals surface area contributed by atoms with E-state index in [4.69, 9.17) is 15.2 Å². The summed E-state index contributed by atoms with van der Waals surface area (Å²) in [6.45, 7) is 4.38. The van der Waals surface area contributed by atoms with E-state index >= 15 is 0 Å². The van der Waals surface area contributed by atoms with Gasteiger partial charge in [-0.05, 0) is 36.5 Å². The van der Waals surface area contributed by atoms with Crippen LogP contribution in [-0.4, -0.2) is 20.3 Å². The standard InChI is InChI=1S/C14H23NO2/c1-10(2)7-12(15)8-11-5-6-13(16-3)14(9-11)17-4/h5-6,9-10,12H,7-8,15H2,1-4H3/t12-/m0/s1. The van der Waals surface area contributed by atoms with Gasteiger partial charge in [-0.2, -0.15) is 0 Å². The molecular formula is C14H23NO2. The summed E-state index contributed by atoms with van der Waals surface area (Å²) in [4.78, 5) is 0. The Bertz CT molecular complexity index is 350. The highest BCUT2D eigenvalue weighted by atomic mass is 16.5. The first-order chi connectivity index (χ1) is 8.06. The number of nitrogens with two attached hydrogens (primary N) is 1. The molecule has 0 bridgehead atoms. The van der Waals surface area contributed by atoms with E-state index in [1.807, 2.05) is 18.2 Å². The van der Waals surface area contributed by atoms with E-state index in [-0.39, 0.29) is 6.04 Å². The fourth-order valence-corrected chi connectivity index (χ4v) is 2.00. The van der Waals surface area contributed by atoms with Crippen LogP contribution in [0.2, 0.25) is 0 Å². The highest BCUT2D eigenvalue weighted by Gasteiger charge is 2.09. The summed E-state index contributed by atoms with van der Waals surface area (Å²) < 4.78 is 10.5. The van der Waals surface area contributed by atoms with Crippen molar-refractivity contribution in [2.75, 3.05) is 14.2 Å². The van der Waals surface area contributed by atoms with Crippen LogP contribution >= 0.6 is 0 Å². The zero-order chi connectivity index (χ0) is 12.8. The molecule has 0 heterocycles. The van der Waals surface area contributed by atoms with Crippen molar-refractivity contribution < 1.29 is 9.47 Å². The molecule has 0 radical (unpaired) electrons. The van der Waals surface area contributed by atoms with Gasteiger partial charge in [0.15, 0.2) is 11.5 Å². The molecule has 0 unspecified atom stereocenters. The lowest BCUT2D eigenvalue weighted by molar-refractivity contribution is 0.354. The molecule has 2 N–H and O–H groups in total. The molecule has 96 valence electrons. The van der Waals surface area contributed by atoms with E-state index in [0.717, 1.165) is 24.3 Å². The second-order valence-corrected chi connectivity index (χ2v) is 4.78. The van der Waals surface area contributed by atoms with Gasteiger partial charge in [0.2, 0.25) is 0 Å². The lowest BCUT2D eigenvalue weighted by Crippen LogP contribution is -2.24. The van der Waals surface area contributed by atoms with Crippen LogP contribution in [0.5, 0.6) is 11.5 Å². The van der Waals surface area contributed by atoms with Crippen molar-refractivity contribution in [3.05, 3.63) is 23.8 Å². The van der Waals surface area contributed by atoms with E-state index in [2.05, 4.69) is 13.8 Å². The third-order valence-corrected chi connectivity index (χ3v) is 2.72. The zero-order valence-electron chi connectivity index (χ0n) is 11.2. The van der Waals surface area contributed by atoms with E-state index in [1.165, 1.54) is 5.56 Å². The van der Waals surface area contributed by atoms with Crippen LogP contribution in [0, 0.1) is 5.92 Å². The van der Waals surface area contributed by atoms with Gasteiger partial charge < -0.3 is 15.2 Å². The Labute approximate surface area is 104 Å². The van der Waals surface area contributed by atoms with Gasteiger partial charge in [0.05, 0.1) is 14.2 Å². The summed E-state index contributed by atoms with van der Waals surface area (Å²) >= 11 is 0. The average molecular weight is 237 g/mol. The van der Waals surface area contributed by atoms with Gasteiger partial charge in [-0.3, -0.25) is 0 Å². The predicted molar refractivity (Wildman–Crippen MR) is 70.7 cm³/mol. The molecule has 0 aromatic heterocycles. The van der Waals surface area contributed by atoms with Gasteiger partial charge in [-0.15, -0.1) is 0 Å². The van der Waals surface area contributed by atoms with Gasteiger partial charge in [0, 0.05) is 6.04 Å². The Morgan fingerprint density at radius 1 is 1.12 bits per heavy atom. The Morgan fingerprint density at radius 3 is 2.29 bits per heavy atom. The monoisotopic (exact) mass is 237 g/mol. The quantitative estimate of drug-likeness (QED) is 0.827. The minimum Gasteiger partial charge on any atom is -0.493 e. The highest BCUT2D eigenvalue weighted by molar-refractivity contribution is 5.43. The molecule has 0 aliphatic heterocycles. The Kier molecular flexibility index (Phi) is 5.29. The lowest BCUT2D eigenvalue weighted by Gasteiger charge is -2.15. The Morgan fingerprint density at radius 2 is 1.76 bits per heavy atom. The number of ether oxygens (including phenoxy) is 2. The second-order valence-electron chi connectivity index (χ2n) is 4.78. The van der Waals surface area contributed by atoms with Crippen LogP contribution in [-0.2, 0) is 6.42 Å². The first-order valence-electron chi connectivity index (χ1n) is 6.03. The van der Waals surface area contributed by atoms with Crippen LogP contribution in [0.15, 0.2) is 18.2 Å². The fourth-order valence-electron chi connectivity index (χ4n) is 2.00. The van der Waals surface area contributed by atoms with Crippen molar-refractivity contribution >= 4 is 0 Å². The molecule has 0 aliphatic carbocycles. The molecule has 0 amide bonds. The second kappa shape index (κ2) is 6.50. The zero-order valence-corrected chi connectivity index (χ0v) is 11.2.